The van der Waals surface area contributed by atoms with Gasteiger partial charge in [-0.05, 0) is 80.2 Å². The van der Waals surface area contributed by atoms with Crippen molar-refractivity contribution in [2.75, 3.05) is 0 Å². The van der Waals surface area contributed by atoms with Gasteiger partial charge in [-0.1, -0.05) is 71.1 Å². The van der Waals surface area contributed by atoms with Crippen LogP contribution in [0, 0.1) is 41.3 Å². The number of alkyl halides is 3. The minimum atomic E-state index is -4.77. The van der Waals surface area contributed by atoms with Crippen molar-refractivity contribution in [3.63, 3.8) is 0 Å². The van der Waals surface area contributed by atoms with Crippen molar-refractivity contribution in [3.05, 3.63) is 29.6 Å². The standard InChI is InChI=1S/C31H44F4O2/c1-2-3-4-5-6-8-21-11-13-22(14-12-21)23-15-17-26-24(19-23)9-7-10-27(26)30(36)37-25-16-18-28(29(32)20-25)31(33,34)35/h16,18,20-24,26-27H,2-15,17,19H2,1H3. The van der Waals surface area contributed by atoms with Crippen LogP contribution in [0.1, 0.15) is 115 Å². The summed E-state index contributed by atoms with van der Waals surface area (Å²) >= 11 is 0. The van der Waals surface area contributed by atoms with Gasteiger partial charge in [-0.2, -0.15) is 13.2 Å². The van der Waals surface area contributed by atoms with Gasteiger partial charge in [0, 0.05) is 6.07 Å². The maximum atomic E-state index is 13.9. The monoisotopic (exact) mass is 524 g/mol. The summed E-state index contributed by atoms with van der Waals surface area (Å²) in [7, 11) is 0. The number of halogens is 4. The molecule has 37 heavy (non-hydrogen) atoms. The molecule has 0 radical (unpaired) electrons. The van der Waals surface area contributed by atoms with Gasteiger partial charge in [-0.3, -0.25) is 4.79 Å². The molecule has 0 aliphatic heterocycles. The highest BCUT2D eigenvalue weighted by Gasteiger charge is 2.43. The lowest BCUT2D eigenvalue weighted by molar-refractivity contribution is -0.144. The van der Waals surface area contributed by atoms with Gasteiger partial charge in [0.2, 0.25) is 0 Å². The quantitative estimate of drug-likeness (QED) is 0.139. The van der Waals surface area contributed by atoms with Crippen molar-refractivity contribution in [3.8, 4) is 5.75 Å². The Kier molecular flexibility index (Phi) is 9.97. The summed E-state index contributed by atoms with van der Waals surface area (Å²) in [6.45, 7) is 2.26. The first-order valence-electron chi connectivity index (χ1n) is 14.8. The second-order valence-corrected chi connectivity index (χ2v) is 12.1. The number of unbranched alkanes of at least 4 members (excludes halogenated alkanes) is 4. The molecule has 0 heterocycles. The van der Waals surface area contributed by atoms with Crippen molar-refractivity contribution < 1.29 is 27.1 Å². The van der Waals surface area contributed by atoms with Crippen molar-refractivity contribution in [2.24, 2.45) is 35.5 Å². The molecule has 3 fully saturated rings. The van der Waals surface area contributed by atoms with Gasteiger partial charge < -0.3 is 4.74 Å². The second-order valence-electron chi connectivity index (χ2n) is 12.1. The van der Waals surface area contributed by atoms with E-state index in [0.29, 0.717) is 18.1 Å². The van der Waals surface area contributed by atoms with Crippen LogP contribution in [-0.2, 0) is 11.0 Å². The lowest BCUT2D eigenvalue weighted by Crippen LogP contribution is -2.40. The molecule has 0 bridgehead atoms. The Balaban J connectivity index is 1.25. The third kappa shape index (κ3) is 7.50. The van der Waals surface area contributed by atoms with Gasteiger partial charge in [-0.25, -0.2) is 4.39 Å². The third-order valence-electron chi connectivity index (χ3n) is 9.73. The number of hydrogen-bond acceptors (Lipinski definition) is 2. The predicted molar refractivity (Wildman–Crippen MR) is 138 cm³/mol. The summed E-state index contributed by atoms with van der Waals surface area (Å²) in [6.07, 6.45) is 15.1. The summed E-state index contributed by atoms with van der Waals surface area (Å²) < 4.78 is 57.9. The van der Waals surface area contributed by atoms with Gasteiger partial charge in [0.15, 0.2) is 0 Å². The normalized spacial score (nSPS) is 30.5. The van der Waals surface area contributed by atoms with Gasteiger partial charge in [0.1, 0.15) is 11.6 Å². The Labute approximate surface area is 219 Å². The maximum Gasteiger partial charge on any atom is 0.419 e. The predicted octanol–water partition coefficient (Wildman–Crippen LogP) is 9.75. The molecule has 0 aromatic heterocycles. The van der Waals surface area contributed by atoms with Crippen LogP contribution in [0.15, 0.2) is 18.2 Å². The van der Waals surface area contributed by atoms with E-state index in [0.717, 1.165) is 55.9 Å². The smallest absolute Gasteiger partial charge is 0.419 e. The highest BCUT2D eigenvalue weighted by atomic mass is 19.4. The SMILES string of the molecule is CCCCCCCC1CCC(C2CCC3C(CCCC3C(=O)Oc3ccc(C(F)(F)F)c(F)c3)C2)CC1. The molecule has 3 saturated carbocycles. The first-order valence-corrected chi connectivity index (χ1v) is 14.8. The molecule has 0 spiro atoms. The summed E-state index contributed by atoms with van der Waals surface area (Å²) in [5.41, 5.74) is -1.34. The van der Waals surface area contributed by atoms with Crippen LogP contribution in [0.5, 0.6) is 5.75 Å². The molecule has 0 N–H and O–H groups in total. The van der Waals surface area contributed by atoms with Crippen molar-refractivity contribution in [1.82, 2.24) is 0 Å². The fourth-order valence-electron chi connectivity index (χ4n) is 7.69. The van der Waals surface area contributed by atoms with Crippen LogP contribution in [0.4, 0.5) is 17.6 Å². The zero-order valence-corrected chi connectivity index (χ0v) is 22.3. The van der Waals surface area contributed by atoms with E-state index in [1.165, 1.54) is 70.6 Å². The molecule has 4 atom stereocenters. The summed E-state index contributed by atoms with van der Waals surface area (Å²) in [6, 6.07) is 2.37. The van der Waals surface area contributed by atoms with Crippen LogP contribution < -0.4 is 4.74 Å². The Morgan fingerprint density at radius 1 is 0.892 bits per heavy atom. The number of hydrogen-bond donors (Lipinski definition) is 0. The molecular weight excluding hydrogens is 480 g/mol. The van der Waals surface area contributed by atoms with E-state index in [1.807, 2.05) is 0 Å². The number of esters is 1. The molecule has 1 aromatic rings. The molecular formula is C31H44F4O2. The van der Waals surface area contributed by atoms with Crippen molar-refractivity contribution in [2.45, 2.75) is 116 Å². The minimum Gasteiger partial charge on any atom is -0.426 e. The summed E-state index contributed by atoms with van der Waals surface area (Å²) in [4.78, 5) is 13.0. The first-order chi connectivity index (χ1) is 17.8. The van der Waals surface area contributed by atoms with Crippen LogP contribution in [0.3, 0.4) is 0 Å². The molecule has 0 saturated heterocycles. The van der Waals surface area contributed by atoms with Crippen LogP contribution in [-0.4, -0.2) is 5.97 Å². The molecule has 4 rings (SSSR count). The average molecular weight is 525 g/mol. The number of ether oxygens (including phenoxy) is 1. The number of benzene rings is 1. The van der Waals surface area contributed by atoms with E-state index in [1.54, 1.807) is 0 Å². The van der Waals surface area contributed by atoms with Crippen LogP contribution >= 0.6 is 0 Å². The van der Waals surface area contributed by atoms with Gasteiger partial charge in [0.05, 0.1) is 11.5 Å². The van der Waals surface area contributed by atoms with E-state index in [4.69, 9.17) is 4.74 Å². The average Bonchev–Trinajstić information content (AvgIpc) is 2.87. The fourth-order valence-corrected chi connectivity index (χ4v) is 7.69. The summed E-state index contributed by atoms with van der Waals surface area (Å²) in [5, 5.41) is 0. The third-order valence-corrected chi connectivity index (χ3v) is 9.73. The fraction of sp³-hybridized carbons (Fsp3) is 0.774. The van der Waals surface area contributed by atoms with Gasteiger partial charge in [-0.15, -0.1) is 0 Å². The molecule has 3 aliphatic rings. The Bertz CT molecular complexity index is 874. The zero-order chi connectivity index (χ0) is 26.4. The second kappa shape index (κ2) is 13.0. The minimum absolute atomic E-state index is 0.145. The summed E-state index contributed by atoms with van der Waals surface area (Å²) in [5.74, 6) is 1.07. The van der Waals surface area contributed by atoms with E-state index >= 15 is 0 Å². The molecule has 1 aromatic carbocycles. The van der Waals surface area contributed by atoms with E-state index < -0.39 is 23.5 Å². The largest absolute Gasteiger partial charge is 0.426 e. The lowest BCUT2D eigenvalue weighted by atomic mass is 9.59. The molecule has 2 nitrogen and oxygen atoms in total. The highest BCUT2D eigenvalue weighted by Crippen LogP contribution is 2.50. The maximum absolute atomic E-state index is 13.9. The molecule has 0 amide bonds. The Morgan fingerprint density at radius 2 is 1.62 bits per heavy atom. The lowest BCUT2D eigenvalue weighted by Gasteiger charge is -2.46. The van der Waals surface area contributed by atoms with Crippen molar-refractivity contribution >= 4 is 5.97 Å². The molecule has 3 aliphatic carbocycles. The van der Waals surface area contributed by atoms with E-state index in [2.05, 4.69) is 6.92 Å². The van der Waals surface area contributed by atoms with E-state index in [9.17, 15) is 22.4 Å². The number of carbonyl (C=O) groups excluding carboxylic acids is 1. The molecule has 208 valence electrons. The highest BCUT2D eigenvalue weighted by molar-refractivity contribution is 5.75. The van der Waals surface area contributed by atoms with Gasteiger partial charge in [0.25, 0.3) is 0 Å². The van der Waals surface area contributed by atoms with Gasteiger partial charge >= 0.3 is 12.1 Å². The van der Waals surface area contributed by atoms with E-state index in [-0.39, 0.29) is 17.6 Å². The first kappa shape index (κ1) is 28.4. The van der Waals surface area contributed by atoms with Crippen LogP contribution in [0.25, 0.3) is 0 Å². The number of rotatable bonds is 9. The number of fused-ring (bicyclic) bond motifs is 1. The zero-order valence-electron chi connectivity index (χ0n) is 22.3. The Morgan fingerprint density at radius 3 is 2.32 bits per heavy atom. The van der Waals surface area contributed by atoms with Crippen LogP contribution in [0.2, 0.25) is 0 Å². The number of carbonyl (C=O) groups is 1. The topological polar surface area (TPSA) is 26.3 Å². The Hall–Kier alpha value is -1.59. The molecule has 4 unspecified atom stereocenters. The molecule has 6 heteroatoms. The van der Waals surface area contributed by atoms with Crippen molar-refractivity contribution in [1.29, 1.82) is 0 Å².